The number of hydroxylamine groups is 2. The molecule has 2 aromatic rings. The fourth-order valence-electron chi connectivity index (χ4n) is 2.62. The van der Waals surface area contributed by atoms with Gasteiger partial charge in [-0.05, 0) is 12.1 Å². The van der Waals surface area contributed by atoms with Gasteiger partial charge in [-0.2, -0.15) is 5.10 Å². The Hall–Kier alpha value is -3.05. The van der Waals surface area contributed by atoms with Crippen LogP contribution in [0.15, 0.2) is 35.4 Å². The summed E-state index contributed by atoms with van der Waals surface area (Å²) in [5.74, 6) is -2.65. The normalized spacial score (nSPS) is 18.0. The molecule has 1 aromatic carbocycles. The van der Waals surface area contributed by atoms with E-state index in [1.54, 1.807) is 12.1 Å². The third-order valence-corrected chi connectivity index (χ3v) is 5.24. The van der Waals surface area contributed by atoms with Crippen molar-refractivity contribution in [2.45, 2.75) is 11.6 Å². The lowest BCUT2D eigenvalue weighted by molar-refractivity contribution is -0.0588. The Kier molecular flexibility index (Phi) is 3.23. The summed E-state index contributed by atoms with van der Waals surface area (Å²) in [6.45, 7) is 0.388. The van der Waals surface area contributed by atoms with E-state index < -0.39 is 27.8 Å². The van der Waals surface area contributed by atoms with Gasteiger partial charge in [0.25, 0.3) is 21.8 Å². The Morgan fingerprint density at radius 2 is 1.80 bits per heavy atom. The van der Waals surface area contributed by atoms with E-state index in [-0.39, 0.29) is 34.9 Å². The van der Waals surface area contributed by atoms with E-state index in [0.717, 1.165) is 10.7 Å². The number of aromatic nitrogens is 2. The number of amides is 2. The number of benzene rings is 1. The second-order valence-electron chi connectivity index (χ2n) is 5.32. The molecular weight excluding hydrogens is 352 g/mol. The topological polar surface area (TPSA) is 128 Å². The van der Waals surface area contributed by atoms with Crippen molar-refractivity contribution in [3.8, 4) is 0 Å². The summed E-state index contributed by atoms with van der Waals surface area (Å²) < 4.78 is 27.2. The Bertz CT molecular complexity index is 1010. The Balaban J connectivity index is 1.61. The highest BCUT2D eigenvalue weighted by atomic mass is 32.2. The monoisotopic (exact) mass is 362 g/mol. The van der Waals surface area contributed by atoms with Gasteiger partial charge >= 0.3 is 5.97 Å². The zero-order valence-corrected chi connectivity index (χ0v) is 13.3. The first-order chi connectivity index (χ1) is 11.9. The zero-order chi connectivity index (χ0) is 17.8. The number of fused-ring (bicyclic) bond motifs is 2. The van der Waals surface area contributed by atoms with Gasteiger partial charge in [-0.25, -0.2) is 17.9 Å². The van der Waals surface area contributed by atoms with Crippen LogP contribution in [-0.4, -0.2) is 47.6 Å². The standard InChI is InChI=1S/C14H10N4O6S/c19-12-8-3-1-2-4-9(8)13(20)18(12)24-14(21)10-7-11-17(16-10)6-5-15-25(11,22)23/h1-4,7,15H,5-6H2. The second-order valence-corrected chi connectivity index (χ2v) is 7.03. The van der Waals surface area contributed by atoms with Crippen molar-refractivity contribution in [2.75, 3.05) is 6.54 Å². The van der Waals surface area contributed by atoms with Crippen molar-refractivity contribution in [3.63, 3.8) is 0 Å². The SMILES string of the molecule is O=C(ON1C(=O)c2ccccc2C1=O)c1cc2n(n1)CCNS2(=O)=O. The molecule has 2 amide bonds. The number of hydrogen-bond acceptors (Lipinski definition) is 7. The lowest BCUT2D eigenvalue weighted by Crippen LogP contribution is -2.35. The highest BCUT2D eigenvalue weighted by molar-refractivity contribution is 7.89. The minimum absolute atomic E-state index is 0.121. The van der Waals surface area contributed by atoms with Crippen LogP contribution in [0.5, 0.6) is 0 Å². The van der Waals surface area contributed by atoms with Gasteiger partial charge in [-0.3, -0.25) is 14.3 Å². The van der Waals surface area contributed by atoms with Crippen LogP contribution in [0.25, 0.3) is 0 Å². The molecule has 0 unspecified atom stereocenters. The third kappa shape index (κ3) is 2.32. The quantitative estimate of drug-likeness (QED) is 0.716. The van der Waals surface area contributed by atoms with Gasteiger partial charge in [-0.1, -0.05) is 17.2 Å². The average Bonchev–Trinajstić information content (AvgIpc) is 3.12. The summed E-state index contributed by atoms with van der Waals surface area (Å²) in [6.07, 6.45) is 0. The summed E-state index contributed by atoms with van der Waals surface area (Å²) >= 11 is 0. The van der Waals surface area contributed by atoms with E-state index in [1.807, 2.05) is 0 Å². The summed E-state index contributed by atoms with van der Waals surface area (Å²) in [4.78, 5) is 41.4. The maximum absolute atomic E-state index is 12.2. The number of imide groups is 1. The van der Waals surface area contributed by atoms with E-state index in [2.05, 4.69) is 9.82 Å². The molecule has 128 valence electrons. The van der Waals surface area contributed by atoms with Gasteiger partial charge in [0.1, 0.15) is 0 Å². The number of carbonyl (C=O) groups excluding carboxylic acids is 3. The average molecular weight is 362 g/mol. The summed E-state index contributed by atoms with van der Waals surface area (Å²) in [5.41, 5.74) is -0.0775. The number of sulfonamides is 1. The second kappa shape index (κ2) is 5.22. The minimum atomic E-state index is -3.75. The first-order valence-corrected chi connectivity index (χ1v) is 8.64. The number of rotatable bonds is 2. The Morgan fingerprint density at radius 3 is 2.40 bits per heavy atom. The van der Waals surface area contributed by atoms with Crippen LogP contribution in [0.4, 0.5) is 0 Å². The Morgan fingerprint density at radius 1 is 1.16 bits per heavy atom. The number of hydrogen-bond donors (Lipinski definition) is 1. The number of nitrogens with one attached hydrogen (secondary N) is 1. The largest absolute Gasteiger partial charge is 0.384 e. The maximum Gasteiger partial charge on any atom is 0.384 e. The highest BCUT2D eigenvalue weighted by Gasteiger charge is 2.39. The maximum atomic E-state index is 12.2. The molecule has 3 heterocycles. The van der Waals surface area contributed by atoms with Gasteiger partial charge in [0, 0.05) is 12.6 Å². The fraction of sp³-hybridized carbons (Fsp3) is 0.143. The van der Waals surface area contributed by atoms with Crippen LogP contribution >= 0.6 is 0 Å². The van der Waals surface area contributed by atoms with Crippen LogP contribution < -0.4 is 4.72 Å². The molecule has 0 saturated heterocycles. The molecule has 0 fully saturated rings. The fourth-order valence-corrected chi connectivity index (χ4v) is 3.80. The van der Waals surface area contributed by atoms with Gasteiger partial charge in [-0.15, -0.1) is 0 Å². The molecule has 10 nitrogen and oxygen atoms in total. The van der Waals surface area contributed by atoms with Gasteiger partial charge in [0.15, 0.2) is 10.7 Å². The van der Waals surface area contributed by atoms with Crippen LogP contribution in [0, 0.1) is 0 Å². The van der Waals surface area contributed by atoms with Gasteiger partial charge in [0.2, 0.25) is 0 Å². The summed E-state index contributed by atoms with van der Waals surface area (Å²) in [6, 6.07) is 7.07. The van der Waals surface area contributed by atoms with Crippen LogP contribution in [0.1, 0.15) is 31.2 Å². The molecule has 11 heteroatoms. The predicted octanol–water partition coefficient (Wildman–Crippen LogP) is -0.457. The van der Waals surface area contributed by atoms with Crippen molar-refractivity contribution >= 4 is 27.8 Å². The highest BCUT2D eigenvalue weighted by Crippen LogP contribution is 2.23. The van der Waals surface area contributed by atoms with E-state index in [1.165, 1.54) is 12.1 Å². The van der Waals surface area contributed by atoms with Crippen molar-refractivity contribution in [2.24, 2.45) is 0 Å². The molecule has 0 spiro atoms. The van der Waals surface area contributed by atoms with Crippen LogP contribution in [0.3, 0.4) is 0 Å². The molecule has 0 radical (unpaired) electrons. The molecule has 1 N–H and O–H groups in total. The molecule has 2 aliphatic rings. The molecule has 0 atom stereocenters. The third-order valence-electron chi connectivity index (χ3n) is 3.77. The van der Waals surface area contributed by atoms with E-state index in [4.69, 9.17) is 4.84 Å². The molecule has 0 aliphatic carbocycles. The lowest BCUT2D eigenvalue weighted by atomic mass is 10.1. The Labute approximate surface area is 141 Å². The molecule has 4 rings (SSSR count). The molecular formula is C14H10N4O6S. The first kappa shape index (κ1) is 15.5. The summed E-state index contributed by atoms with van der Waals surface area (Å²) in [5, 5.41) is 4.02. The zero-order valence-electron chi connectivity index (χ0n) is 12.5. The predicted molar refractivity (Wildman–Crippen MR) is 79.8 cm³/mol. The molecule has 2 aliphatic heterocycles. The van der Waals surface area contributed by atoms with Crippen molar-refractivity contribution in [3.05, 3.63) is 47.2 Å². The van der Waals surface area contributed by atoms with E-state index in [9.17, 15) is 22.8 Å². The van der Waals surface area contributed by atoms with Crippen molar-refractivity contribution < 1.29 is 27.6 Å². The first-order valence-electron chi connectivity index (χ1n) is 7.16. The molecule has 0 bridgehead atoms. The smallest absolute Gasteiger partial charge is 0.322 e. The van der Waals surface area contributed by atoms with Gasteiger partial charge in [0.05, 0.1) is 17.7 Å². The number of carbonyl (C=O) groups is 3. The minimum Gasteiger partial charge on any atom is -0.322 e. The number of nitrogens with zero attached hydrogens (tertiary/aromatic N) is 3. The summed E-state index contributed by atoms with van der Waals surface area (Å²) in [7, 11) is -3.75. The van der Waals surface area contributed by atoms with Crippen molar-refractivity contribution in [1.29, 1.82) is 0 Å². The van der Waals surface area contributed by atoms with Crippen molar-refractivity contribution in [1.82, 2.24) is 19.6 Å². The molecule has 25 heavy (non-hydrogen) atoms. The molecule has 1 aromatic heterocycles. The van der Waals surface area contributed by atoms with Gasteiger partial charge < -0.3 is 4.84 Å². The van der Waals surface area contributed by atoms with Crippen LogP contribution in [-0.2, 0) is 21.4 Å². The van der Waals surface area contributed by atoms with E-state index in [0.29, 0.717) is 5.06 Å². The van der Waals surface area contributed by atoms with Crippen LogP contribution in [0.2, 0.25) is 0 Å². The lowest BCUT2D eigenvalue weighted by Gasteiger charge is -2.14. The molecule has 0 saturated carbocycles. The van der Waals surface area contributed by atoms with E-state index >= 15 is 0 Å².